The summed E-state index contributed by atoms with van der Waals surface area (Å²) in [5.41, 5.74) is 6.88. The number of amides is 2. The summed E-state index contributed by atoms with van der Waals surface area (Å²) in [6, 6.07) is 15.3. The molecule has 36 heavy (non-hydrogen) atoms. The van der Waals surface area contributed by atoms with Gasteiger partial charge in [0.2, 0.25) is 0 Å². The van der Waals surface area contributed by atoms with E-state index in [9.17, 15) is 22.8 Å². The first-order valence-electron chi connectivity index (χ1n) is 11.5. The highest BCUT2D eigenvalue weighted by molar-refractivity contribution is 6.08. The van der Waals surface area contributed by atoms with Crippen LogP contribution in [0.15, 0.2) is 66.9 Å². The Morgan fingerprint density at radius 2 is 1.75 bits per heavy atom. The molecule has 4 rings (SSSR count). The van der Waals surface area contributed by atoms with Gasteiger partial charge in [0, 0.05) is 37.9 Å². The number of anilines is 2. The molecule has 0 bridgehead atoms. The fourth-order valence-corrected chi connectivity index (χ4v) is 4.30. The molecule has 3 aromatic rings. The second-order valence-corrected chi connectivity index (χ2v) is 8.40. The van der Waals surface area contributed by atoms with Crippen LogP contribution in [-0.2, 0) is 12.8 Å². The van der Waals surface area contributed by atoms with E-state index in [-0.39, 0.29) is 21.7 Å². The molecular weight excluding hydrogens is 471 g/mol. The molecule has 1 aliphatic rings. The van der Waals surface area contributed by atoms with Gasteiger partial charge in [0.05, 0.1) is 22.6 Å². The molecule has 7 nitrogen and oxygen atoms in total. The number of carbonyl (C=O) groups is 2. The van der Waals surface area contributed by atoms with Crippen molar-refractivity contribution in [3.8, 4) is 0 Å². The number of halogens is 3. The lowest BCUT2D eigenvalue weighted by atomic mass is 10.0. The van der Waals surface area contributed by atoms with E-state index in [0.29, 0.717) is 56.0 Å². The number of piperazine rings is 1. The van der Waals surface area contributed by atoms with Gasteiger partial charge in [-0.25, -0.2) is 4.90 Å². The number of rotatable bonds is 7. The van der Waals surface area contributed by atoms with E-state index in [2.05, 4.69) is 10.3 Å². The molecule has 1 saturated heterocycles. The summed E-state index contributed by atoms with van der Waals surface area (Å²) in [7, 11) is 0. The number of aryl methyl sites for hydroxylation is 2. The molecule has 188 valence electrons. The Balaban J connectivity index is 1.62. The van der Waals surface area contributed by atoms with Crippen molar-refractivity contribution >= 4 is 23.2 Å². The van der Waals surface area contributed by atoms with E-state index in [1.165, 1.54) is 24.3 Å². The lowest BCUT2D eigenvalue weighted by Gasteiger charge is -2.34. The monoisotopic (exact) mass is 497 g/mol. The summed E-state index contributed by atoms with van der Waals surface area (Å²) in [6.45, 7) is 2.36. The van der Waals surface area contributed by atoms with Gasteiger partial charge in [0.15, 0.2) is 0 Å². The smallest absolute Gasteiger partial charge is 0.367 e. The largest absolute Gasteiger partial charge is 0.491 e. The SMILES string of the molecule is NC(=O)c1cccnc1CCc1cccc(C(=O)N(c2ccccc2N2CCNCC2)C(F)(F)F)c1. The Labute approximate surface area is 206 Å². The van der Waals surface area contributed by atoms with Gasteiger partial charge in [-0.15, -0.1) is 13.2 Å². The number of primary amides is 1. The first kappa shape index (κ1) is 25.2. The van der Waals surface area contributed by atoms with Crippen molar-refractivity contribution in [2.75, 3.05) is 36.0 Å². The number of hydrogen-bond donors (Lipinski definition) is 2. The molecule has 0 atom stereocenters. The number of pyridine rings is 1. The number of benzene rings is 2. The van der Waals surface area contributed by atoms with E-state index < -0.39 is 18.1 Å². The summed E-state index contributed by atoms with van der Waals surface area (Å²) in [5, 5.41) is 3.18. The molecule has 1 aromatic heterocycles. The zero-order chi connectivity index (χ0) is 25.7. The third kappa shape index (κ3) is 5.65. The average molecular weight is 498 g/mol. The number of hydrogen-bond acceptors (Lipinski definition) is 5. The molecule has 2 heterocycles. The fraction of sp³-hybridized carbons (Fsp3) is 0.269. The van der Waals surface area contributed by atoms with Gasteiger partial charge in [0.25, 0.3) is 11.8 Å². The van der Waals surface area contributed by atoms with Gasteiger partial charge < -0.3 is 16.0 Å². The molecule has 0 radical (unpaired) electrons. The molecule has 2 amide bonds. The van der Waals surface area contributed by atoms with E-state index in [1.807, 2.05) is 4.90 Å². The van der Waals surface area contributed by atoms with Crippen LogP contribution in [0.25, 0.3) is 0 Å². The second-order valence-electron chi connectivity index (χ2n) is 8.40. The fourth-order valence-electron chi connectivity index (χ4n) is 4.30. The number of nitrogens with one attached hydrogen (secondary N) is 1. The predicted octanol–water partition coefficient (Wildman–Crippen LogP) is 3.54. The van der Waals surface area contributed by atoms with E-state index in [0.717, 1.165) is 0 Å². The van der Waals surface area contributed by atoms with Crippen molar-refractivity contribution in [1.82, 2.24) is 10.3 Å². The maximum atomic E-state index is 14.3. The van der Waals surface area contributed by atoms with Crippen LogP contribution in [0.2, 0.25) is 0 Å². The van der Waals surface area contributed by atoms with Gasteiger partial charge >= 0.3 is 6.30 Å². The summed E-state index contributed by atoms with van der Waals surface area (Å²) in [5.74, 6) is -1.77. The highest BCUT2D eigenvalue weighted by Crippen LogP contribution is 2.37. The van der Waals surface area contributed by atoms with Crippen molar-refractivity contribution < 1.29 is 22.8 Å². The lowest BCUT2D eigenvalue weighted by molar-refractivity contribution is -0.122. The Hall–Kier alpha value is -3.92. The minimum atomic E-state index is -4.93. The Bertz CT molecular complexity index is 1240. The first-order chi connectivity index (χ1) is 17.3. The third-order valence-electron chi connectivity index (χ3n) is 6.02. The quantitative estimate of drug-likeness (QED) is 0.488. The minimum absolute atomic E-state index is 0.0870. The summed E-state index contributed by atoms with van der Waals surface area (Å²) in [4.78, 5) is 30.9. The number of alkyl halides is 3. The topological polar surface area (TPSA) is 91.6 Å². The first-order valence-corrected chi connectivity index (χ1v) is 11.5. The molecule has 0 unspecified atom stereocenters. The van der Waals surface area contributed by atoms with Gasteiger partial charge in [-0.1, -0.05) is 24.3 Å². The zero-order valence-corrected chi connectivity index (χ0v) is 19.5. The molecular formula is C26H26F3N5O2. The third-order valence-corrected chi connectivity index (χ3v) is 6.02. The van der Waals surface area contributed by atoms with Crippen LogP contribution in [0, 0.1) is 0 Å². The molecule has 2 aromatic carbocycles. The highest BCUT2D eigenvalue weighted by Gasteiger charge is 2.44. The Morgan fingerprint density at radius 1 is 1.00 bits per heavy atom. The molecule has 0 aliphatic carbocycles. The number of nitrogens with two attached hydrogens (primary N) is 1. The van der Waals surface area contributed by atoms with Crippen LogP contribution in [0.4, 0.5) is 24.5 Å². The van der Waals surface area contributed by atoms with Crippen molar-refractivity contribution in [3.05, 3.63) is 89.2 Å². The Kier molecular flexibility index (Phi) is 7.54. The van der Waals surface area contributed by atoms with Gasteiger partial charge in [-0.05, 0) is 54.8 Å². The summed E-state index contributed by atoms with van der Waals surface area (Å²) < 4.78 is 42.9. The van der Waals surface area contributed by atoms with E-state index in [4.69, 9.17) is 5.73 Å². The molecule has 0 spiro atoms. The molecule has 1 aliphatic heterocycles. The second kappa shape index (κ2) is 10.8. The maximum Gasteiger partial charge on any atom is 0.491 e. The van der Waals surface area contributed by atoms with Gasteiger partial charge in [-0.2, -0.15) is 0 Å². The van der Waals surface area contributed by atoms with Crippen molar-refractivity contribution in [2.45, 2.75) is 19.1 Å². The summed E-state index contributed by atoms with van der Waals surface area (Å²) >= 11 is 0. The standard InChI is InChI=1S/C26H26F3N5O2/c27-26(28,29)34(23-9-2-1-8-22(23)33-15-13-31-14-16-33)25(36)19-6-3-5-18(17-19)10-11-21-20(24(30)35)7-4-12-32-21/h1-9,12,17,31H,10-11,13-16H2,(H2,30,35). The van der Waals surface area contributed by atoms with E-state index in [1.54, 1.807) is 42.6 Å². The highest BCUT2D eigenvalue weighted by atomic mass is 19.4. The van der Waals surface area contributed by atoms with Crippen LogP contribution < -0.4 is 20.9 Å². The average Bonchev–Trinajstić information content (AvgIpc) is 2.88. The normalized spacial score (nSPS) is 13.9. The van der Waals surface area contributed by atoms with Gasteiger partial charge in [-0.3, -0.25) is 14.6 Å². The Morgan fingerprint density at radius 3 is 2.47 bits per heavy atom. The maximum absolute atomic E-state index is 14.3. The number of aromatic nitrogens is 1. The van der Waals surface area contributed by atoms with Crippen molar-refractivity contribution in [2.24, 2.45) is 5.73 Å². The molecule has 3 N–H and O–H groups in total. The van der Waals surface area contributed by atoms with Crippen molar-refractivity contribution in [3.63, 3.8) is 0 Å². The zero-order valence-electron chi connectivity index (χ0n) is 19.5. The molecule has 10 heteroatoms. The number of nitrogens with zero attached hydrogens (tertiary/aromatic N) is 3. The van der Waals surface area contributed by atoms with Crippen LogP contribution in [0.1, 0.15) is 32.0 Å². The number of para-hydroxylation sites is 2. The molecule has 0 saturated carbocycles. The lowest BCUT2D eigenvalue weighted by Crippen LogP contribution is -2.47. The predicted molar refractivity (Wildman–Crippen MR) is 131 cm³/mol. The van der Waals surface area contributed by atoms with Crippen LogP contribution >= 0.6 is 0 Å². The molecule has 1 fully saturated rings. The van der Waals surface area contributed by atoms with Crippen molar-refractivity contribution in [1.29, 1.82) is 0 Å². The van der Waals surface area contributed by atoms with Crippen LogP contribution in [0.3, 0.4) is 0 Å². The number of carbonyl (C=O) groups excluding carboxylic acids is 2. The van der Waals surface area contributed by atoms with Gasteiger partial charge in [0.1, 0.15) is 0 Å². The van der Waals surface area contributed by atoms with Crippen LogP contribution in [0.5, 0.6) is 0 Å². The minimum Gasteiger partial charge on any atom is -0.367 e. The van der Waals surface area contributed by atoms with E-state index >= 15 is 0 Å². The summed E-state index contributed by atoms with van der Waals surface area (Å²) in [6.07, 6.45) is -2.69. The van der Waals surface area contributed by atoms with Crippen LogP contribution in [-0.4, -0.2) is 49.3 Å².